The normalized spacial score (nSPS) is 20.2. The minimum absolute atomic E-state index is 0.0193. The van der Waals surface area contributed by atoms with Crippen LogP contribution in [0.15, 0.2) is 10.9 Å². The van der Waals surface area contributed by atoms with E-state index in [1.807, 2.05) is 13.8 Å². The average Bonchev–Trinajstić information content (AvgIpc) is 3.07. The summed E-state index contributed by atoms with van der Waals surface area (Å²) in [5, 5.41) is 7.33. The summed E-state index contributed by atoms with van der Waals surface area (Å²) in [6.45, 7) is 5.22. The summed E-state index contributed by atoms with van der Waals surface area (Å²) in [5.41, 5.74) is 2.18. The third-order valence-corrected chi connectivity index (χ3v) is 3.27. The summed E-state index contributed by atoms with van der Waals surface area (Å²) in [6, 6.07) is 0.0193. The van der Waals surface area contributed by atoms with Crippen LogP contribution in [-0.4, -0.2) is 26.7 Å². The van der Waals surface area contributed by atoms with Gasteiger partial charge in [0.25, 0.3) is 0 Å². The first-order chi connectivity index (χ1) is 9.28. The lowest BCUT2D eigenvalue weighted by molar-refractivity contribution is 0.0683. The van der Waals surface area contributed by atoms with Crippen LogP contribution in [-0.2, 0) is 17.7 Å². The first-order valence-corrected chi connectivity index (χ1v) is 6.47. The molecule has 0 amide bonds. The lowest BCUT2D eigenvalue weighted by Gasteiger charge is -2.19. The Morgan fingerprint density at radius 2 is 2.47 bits per heavy atom. The molecule has 1 aliphatic heterocycles. The highest BCUT2D eigenvalue weighted by atomic mass is 16.5. The molecule has 3 rings (SSSR count). The van der Waals surface area contributed by atoms with E-state index in [0.29, 0.717) is 18.3 Å². The van der Waals surface area contributed by atoms with Crippen LogP contribution in [0.1, 0.15) is 49.1 Å². The Kier molecular flexibility index (Phi) is 3.31. The first-order valence-electron chi connectivity index (χ1n) is 6.47. The van der Waals surface area contributed by atoms with Crippen molar-refractivity contribution in [2.24, 2.45) is 0 Å². The second-order valence-corrected chi connectivity index (χ2v) is 4.55. The van der Waals surface area contributed by atoms with Crippen LogP contribution in [0.3, 0.4) is 0 Å². The van der Waals surface area contributed by atoms with Crippen LogP contribution in [0, 0.1) is 0 Å². The summed E-state index contributed by atoms with van der Waals surface area (Å²) in [7, 11) is 0. The fraction of sp³-hybridized carbons (Fsp3) is 0.583. The zero-order valence-corrected chi connectivity index (χ0v) is 11.0. The van der Waals surface area contributed by atoms with E-state index < -0.39 is 0 Å². The van der Waals surface area contributed by atoms with Gasteiger partial charge < -0.3 is 14.2 Å². The monoisotopic (exact) mass is 263 g/mol. The number of nitrogens with one attached hydrogen (secondary N) is 2. The largest absolute Gasteiger partial charge is 0.371 e. The summed E-state index contributed by atoms with van der Waals surface area (Å²) in [6.07, 6.45) is 2.32. The van der Waals surface area contributed by atoms with Crippen LogP contribution in [0.5, 0.6) is 0 Å². The van der Waals surface area contributed by atoms with Crippen molar-refractivity contribution in [1.29, 1.82) is 0 Å². The minimum atomic E-state index is -0.146. The van der Waals surface area contributed by atoms with Gasteiger partial charge in [-0.05, 0) is 13.8 Å². The van der Waals surface area contributed by atoms with Crippen molar-refractivity contribution >= 4 is 0 Å². The number of rotatable bonds is 4. The van der Waals surface area contributed by atoms with E-state index in [-0.39, 0.29) is 12.1 Å². The number of nitrogens with zero attached hydrogens (tertiary/aromatic N) is 3. The number of ether oxygens (including phenoxy) is 1. The van der Waals surface area contributed by atoms with Crippen molar-refractivity contribution in [1.82, 2.24) is 25.4 Å². The summed E-state index contributed by atoms with van der Waals surface area (Å²) < 4.78 is 10.8. The SMILES string of the molecule is CCOC(C)c1noc(C2Cc3nc[nH]c3CN2)n1. The fourth-order valence-corrected chi connectivity index (χ4v) is 2.22. The molecular weight excluding hydrogens is 246 g/mol. The van der Waals surface area contributed by atoms with Gasteiger partial charge in [-0.3, -0.25) is 5.32 Å². The molecule has 0 saturated heterocycles. The molecule has 0 saturated carbocycles. The molecule has 0 spiro atoms. The Labute approximate surface area is 110 Å². The Morgan fingerprint density at radius 1 is 1.58 bits per heavy atom. The quantitative estimate of drug-likeness (QED) is 0.863. The van der Waals surface area contributed by atoms with Crippen molar-refractivity contribution in [3.05, 3.63) is 29.4 Å². The maximum Gasteiger partial charge on any atom is 0.244 e. The summed E-state index contributed by atoms with van der Waals surface area (Å²) in [5.74, 6) is 1.18. The third kappa shape index (κ3) is 2.39. The van der Waals surface area contributed by atoms with Crippen molar-refractivity contribution in [3.8, 4) is 0 Å². The lowest BCUT2D eigenvalue weighted by Crippen LogP contribution is -2.28. The summed E-state index contributed by atoms with van der Waals surface area (Å²) in [4.78, 5) is 11.8. The molecule has 0 fully saturated rings. The van der Waals surface area contributed by atoms with Crippen LogP contribution >= 0.6 is 0 Å². The predicted molar refractivity (Wildman–Crippen MR) is 66.2 cm³/mol. The van der Waals surface area contributed by atoms with E-state index in [1.165, 1.54) is 0 Å². The standard InChI is InChI=1S/C12H17N5O2/c1-3-18-7(2)11-16-12(19-17-11)9-4-8-10(5-13-9)15-6-14-8/h6-7,9,13H,3-5H2,1-2H3,(H,14,15). The van der Waals surface area contributed by atoms with Gasteiger partial charge >= 0.3 is 0 Å². The van der Waals surface area contributed by atoms with Crippen LogP contribution in [0.25, 0.3) is 0 Å². The van der Waals surface area contributed by atoms with Gasteiger partial charge in [0.15, 0.2) is 5.82 Å². The molecule has 19 heavy (non-hydrogen) atoms. The van der Waals surface area contributed by atoms with Crippen molar-refractivity contribution in [3.63, 3.8) is 0 Å². The highest BCUT2D eigenvalue weighted by Gasteiger charge is 2.26. The van der Waals surface area contributed by atoms with E-state index in [2.05, 4.69) is 25.4 Å². The molecule has 1 aliphatic rings. The van der Waals surface area contributed by atoms with E-state index in [9.17, 15) is 0 Å². The van der Waals surface area contributed by atoms with Crippen molar-refractivity contribution < 1.29 is 9.26 Å². The Bertz CT molecular complexity index is 550. The number of aromatic amines is 1. The van der Waals surface area contributed by atoms with Gasteiger partial charge in [0, 0.05) is 19.6 Å². The van der Waals surface area contributed by atoms with Gasteiger partial charge in [0.1, 0.15) is 6.10 Å². The lowest BCUT2D eigenvalue weighted by atomic mass is 10.1. The number of imidazole rings is 1. The summed E-state index contributed by atoms with van der Waals surface area (Å²) >= 11 is 0. The number of H-pyrrole nitrogens is 1. The molecule has 0 radical (unpaired) electrons. The molecule has 7 nitrogen and oxygen atoms in total. The average molecular weight is 263 g/mol. The molecule has 7 heteroatoms. The smallest absolute Gasteiger partial charge is 0.244 e. The Hall–Kier alpha value is -1.73. The molecular formula is C12H17N5O2. The van der Waals surface area contributed by atoms with Gasteiger partial charge in [-0.15, -0.1) is 0 Å². The van der Waals surface area contributed by atoms with Crippen LogP contribution in [0.4, 0.5) is 0 Å². The second kappa shape index (κ2) is 5.10. The second-order valence-electron chi connectivity index (χ2n) is 4.55. The minimum Gasteiger partial charge on any atom is -0.371 e. The van der Waals surface area contributed by atoms with Gasteiger partial charge in [-0.25, -0.2) is 4.98 Å². The van der Waals surface area contributed by atoms with Gasteiger partial charge in [-0.2, -0.15) is 4.98 Å². The van der Waals surface area contributed by atoms with E-state index in [4.69, 9.17) is 9.26 Å². The number of hydrogen-bond acceptors (Lipinski definition) is 6. The van der Waals surface area contributed by atoms with Gasteiger partial charge in [0.05, 0.1) is 23.8 Å². The molecule has 0 aromatic carbocycles. The fourth-order valence-electron chi connectivity index (χ4n) is 2.22. The highest BCUT2D eigenvalue weighted by Crippen LogP contribution is 2.24. The molecule has 2 N–H and O–H groups in total. The first kappa shape index (κ1) is 12.3. The molecule has 0 aliphatic carbocycles. The van der Waals surface area contributed by atoms with Crippen molar-refractivity contribution in [2.75, 3.05) is 6.61 Å². The molecule has 2 aromatic rings. The van der Waals surface area contributed by atoms with E-state index >= 15 is 0 Å². The Balaban J connectivity index is 1.74. The zero-order valence-electron chi connectivity index (χ0n) is 11.0. The molecule has 2 aromatic heterocycles. The topological polar surface area (TPSA) is 88.9 Å². The molecule has 2 atom stereocenters. The van der Waals surface area contributed by atoms with Gasteiger partial charge in [0.2, 0.25) is 5.89 Å². The number of aromatic nitrogens is 4. The molecule has 102 valence electrons. The maximum atomic E-state index is 5.45. The van der Waals surface area contributed by atoms with Gasteiger partial charge in [-0.1, -0.05) is 5.16 Å². The number of hydrogen-bond donors (Lipinski definition) is 2. The number of fused-ring (bicyclic) bond motifs is 1. The van der Waals surface area contributed by atoms with Crippen LogP contribution in [0.2, 0.25) is 0 Å². The van der Waals surface area contributed by atoms with Crippen LogP contribution < -0.4 is 5.32 Å². The van der Waals surface area contributed by atoms with E-state index in [1.54, 1.807) is 6.33 Å². The van der Waals surface area contributed by atoms with Crippen molar-refractivity contribution in [2.45, 2.75) is 39.0 Å². The predicted octanol–water partition coefficient (Wildman–Crippen LogP) is 1.28. The van der Waals surface area contributed by atoms with E-state index in [0.717, 1.165) is 24.4 Å². The molecule has 0 bridgehead atoms. The Morgan fingerprint density at radius 3 is 3.32 bits per heavy atom. The highest BCUT2D eigenvalue weighted by molar-refractivity contribution is 5.17. The molecule has 2 unspecified atom stereocenters. The third-order valence-electron chi connectivity index (χ3n) is 3.27. The maximum absolute atomic E-state index is 5.45. The zero-order chi connectivity index (χ0) is 13.2. The molecule has 3 heterocycles.